The van der Waals surface area contributed by atoms with Gasteiger partial charge in [-0.3, -0.25) is 0 Å². The molecule has 23 heavy (non-hydrogen) atoms. The molecule has 0 unspecified atom stereocenters. The molecule has 5 heteroatoms. The van der Waals surface area contributed by atoms with Crippen molar-refractivity contribution in [1.82, 2.24) is 4.90 Å². The van der Waals surface area contributed by atoms with Crippen LogP contribution in [0.4, 0.5) is 9.18 Å². The number of rotatable bonds is 1. The van der Waals surface area contributed by atoms with Crippen LogP contribution in [0.3, 0.4) is 0 Å². The predicted molar refractivity (Wildman–Crippen MR) is 84.8 cm³/mol. The molecule has 1 saturated heterocycles. The Morgan fingerprint density at radius 2 is 1.96 bits per heavy atom. The molecule has 0 aromatic heterocycles. The van der Waals surface area contributed by atoms with Crippen molar-refractivity contribution in [2.24, 2.45) is 0 Å². The van der Waals surface area contributed by atoms with E-state index in [-0.39, 0.29) is 24.1 Å². The highest BCUT2D eigenvalue weighted by molar-refractivity contribution is 6.30. The van der Waals surface area contributed by atoms with Crippen molar-refractivity contribution in [1.29, 1.82) is 0 Å². The Morgan fingerprint density at radius 3 is 2.74 bits per heavy atom. The fourth-order valence-corrected chi connectivity index (χ4v) is 3.60. The van der Waals surface area contributed by atoms with Gasteiger partial charge in [-0.1, -0.05) is 29.8 Å². The number of benzene rings is 2. The average Bonchev–Trinajstić information content (AvgIpc) is 2.54. The highest BCUT2D eigenvalue weighted by Gasteiger charge is 2.39. The van der Waals surface area contributed by atoms with E-state index in [0.717, 1.165) is 16.7 Å². The fourth-order valence-electron chi connectivity index (χ4n) is 3.48. The number of fused-ring (bicyclic) bond motifs is 3. The van der Waals surface area contributed by atoms with E-state index in [1.807, 2.05) is 12.1 Å². The van der Waals surface area contributed by atoms with Crippen molar-refractivity contribution in [2.75, 3.05) is 6.54 Å². The van der Waals surface area contributed by atoms with Gasteiger partial charge in [0.1, 0.15) is 11.9 Å². The molecular formula is C18H15ClFNO2. The maximum absolute atomic E-state index is 13.5. The van der Waals surface area contributed by atoms with E-state index in [4.69, 9.17) is 16.3 Å². The lowest BCUT2D eigenvalue weighted by Gasteiger charge is -2.42. The van der Waals surface area contributed by atoms with Gasteiger partial charge in [-0.2, -0.15) is 0 Å². The summed E-state index contributed by atoms with van der Waals surface area (Å²) in [6.07, 6.45) is 0.698. The van der Waals surface area contributed by atoms with Gasteiger partial charge in [0.05, 0.1) is 6.04 Å². The smallest absolute Gasteiger partial charge is 0.410 e. The topological polar surface area (TPSA) is 29.5 Å². The number of halogens is 2. The normalized spacial score (nSPS) is 23.0. The lowest BCUT2D eigenvalue weighted by Crippen LogP contribution is -2.45. The van der Waals surface area contributed by atoms with E-state index in [1.165, 1.54) is 6.07 Å². The molecule has 0 N–H and O–H groups in total. The molecule has 0 bridgehead atoms. The molecule has 2 aliphatic rings. The molecule has 1 fully saturated rings. The molecule has 4 rings (SSSR count). The predicted octanol–water partition coefficient (Wildman–Crippen LogP) is 4.66. The van der Waals surface area contributed by atoms with E-state index in [2.05, 4.69) is 0 Å². The monoisotopic (exact) mass is 331 g/mol. The zero-order valence-electron chi connectivity index (χ0n) is 12.3. The van der Waals surface area contributed by atoms with E-state index < -0.39 is 0 Å². The summed E-state index contributed by atoms with van der Waals surface area (Å²) in [6.45, 7) is 0.563. The molecule has 2 aliphatic heterocycles. The molecule has 2 heterocycles. The number of nitrogens with zero attached hydrogens (tertiary/aromatic N) is 1. The van der Waals surface area contributed by atoms with Crippen LogP contribution in [-0.4, -0.2) is 17.5 Å². The third-order valence-corrected chi connectivity index (χ3v) is 4.87. The zero-order valence-corrected chi connectivity index (χ0v) is 13.1. The lowest BCUT2D eigenvalue weighted by atomic mass is 9.87. The molecule has 118 valence electrons. The molecule has 0 radical (unpaired) electrons. The number of carbonyl (C=O) groups excluding carboxylic acids is 1. The molecule has 0 spiro atoms. The first-order valence-electron chi connectivity index (χ1n) is 7.63. The summed E-state index contributed by atoms with van der Waals surface area (Å²) in [6, 6.07) is 12.1. The molecule has 2 aromatic carbocycles. The summed E-state index contributed by atoms with van der Waals surface area (Å²) in [5.41, 5.74) is 2.93. The van der Waals surface area contributed by atoms with Gasteiger partial charge < -0.3 is 9.64 Å². The molecule has 0 aliphatic carbocycles. The Morgan fingerprint density at radius 1 is 1.17 bits per heavy atom. The second-order valence-electron chi connectivity index (χ2n) is 5.96. The van der Waals surface area contributed by atoms with Gasteiger partial charge in [0.25, 0.3) is 0 Å². The Bertz CT molecular complexity index is 762. The summed E-state index contributed by atoms with van der Waals surface area (Å²) in [7, 11) is 0. The number of hydrogen-bond donors (Lipinski definition) is 0. The van der Waals surface area contributed by atoms with Gasteiger partial charge in [-0.05, 0) is 47.4 Å². The quantitative estimate of drug-likeness (QED) is 0.760. The third-order valence-electron chi connectivity index (χ3n) is 4.62. The van der Waals surface area contributed by atoms with E-state index >= 15 is 0 Å². The molecular weight excluding hydrogens is 317 g/mol. The molecule has 0 saturated carbocycles. The van der Waals surface area contributed by atoms with Gasteiger partial charge >= 0.3 is 6.09 Å². The van der Waals surface area contributed by atoms with Crippen LogP contribution < -0.4 is 0 Å². The Labute approximate surface area is 138 Å². The fraction of sp³-hybridized carbons (Fsp3) is 0.278. The number of cyclic esters (lactones) is 1. The SMILES string of the molecule is O=C1O[C@H](c2ccc(Cl)cc2)C[C@@H]2c3ccc(F)cc3CCN12. The third kappa shape index (κ3) is 2.57. The molecule has 2 aromatic rings. The summed E-state index contributed by atoms with van der Waals surface area (Å²) in [4.78, 5) is 14.1. The summed E-state index contributed by atoms with van der Waals surface area (Å²) in [5, 5.41) is 0.649. The van der Waals surface area contributed by atoms with Crippen LogP contribution in [0, 0.1) is 5.82 Å². The van der Waals surface area contributed by atoms with Crippen molar-refractivity contribution in [3.63, 3.8) is 0 Å². The highest BCUT2D eigenvalue weighted by Crippen LogP contribution is 2.42. The van der Waals surface area contributed by atoms with E-state index in [9.17, 15) is 9.18 Å². The van der Waals surface area contributed by atoms with Crippen LogP contribution in [0.2, 0.25) is 5.02 Å². The van der Waals surface area contributed by atoms with Crippen LogP contribution in [0.5, 0.6) is 0 Å². The zero-order chi connectivity index (χ0) is 16.0. The van der Waals surface area contributed by atoms with E-state index in [0.29, 0.717) is 24.4 Å². The van der Waals surface area contributed by atoms with Crippen LogP contribution in [0.25, 0.3) is 0 Å². The highest BCUT2D eigenvalue weighted by atomic mass is 35.5. The van der Waals surface area contributed by atoms with Crippen molar-refractivity contribution in [3.05, 3.63) is 70.0 Å². The van der Waals surface area contributed by atoms with Crippen LogP contribution >= 0.6 is 11.6 Å². The van der Waals surface area contributed by atoms with Gasteiger partial charge in [-0.25, -0.2) is 9.18 Å². The number of ether oxygens (including phenoxy) is 1. The number of amides is 1. The first-order chi connectivity index (χ1) is 11.1. The van der Waals surface area contributed by atoms with Gasteiger partial charge in [0.2, 0.25) is 0 Å². The minimum absolute atomic E-state index is 0.0683. The Balaban J connectivity index is 1.68. The van der Waals surface area contributed by atoms with Crippen LogP contribution in [0.1, 0.15) is 35.3 Å². The minimum Gasteiger partial charge on any atom is -0.441 e. The van der Waals surface area contributed by atoms with Gasteiger partial charge in [0.15, 0.2) is 0 Å². The first kappa shape index (κ1) is 14.5. The average molecular weight is 332 g/mol. The molecule has 3 nitrogen and oxygen atoms in total. The maximum Gasteiger partial charge on any atom is 0.410 e. The second kappa shape index (κ2) is 5.53. The minimum atomic E-state index is -0.309. The van der Waals surface area contributed by atoms with Gasteiger partial charge in [0, 0.05) is 18.0 Å². The first-order valence-corrected chi connectivity index (χ1v) is 8.00. The Kier molecular flexibility index (Phi) is 3.49. The summed E-state index contributed by atoms with van der Waals surface area (Å²) >= 11 is 5.92. The van der Waals surface area contributed by atoms with Crippen molar-refractivity contribution in [3.8, 4) is 0 Å². The van der Waals surface area contributed by atoms with Crippen LogP contribution in [0.15, 0.2) is 42.5 Å². The lowest BCUT2D eigenvalue weighted by molar-refractivity contribution is -0.00648. The molecule has 1 amide bonds. The van der Waals surface area contributed by atoms with Crippen molar-refractivity contribution < 1.29 is 13.9 Å². The van der Waals surface area contributed by atoms with Crippen LogP contribution in [-0.2, 0) is 11.2 Å². The van der Waals surface area contributed by atoms with Crippen molar-refractivity contribution >= 4 is 17.7 Å². The largest absolute Gasteiger partial charge is 0.441 e. The Hall–Kier alpha value is -2.07. The number of hydrogen-bond acceptors (Lipinski definition) is 2. The second-order valence-corrected chi connectivity index (χ2v) is 6.40. The maximum atomic E-state index is 13.5. The van der Waals surface area contributed by atoms with Crippen molar-refractivity contribution in [2.45, 2.75) is 25.0 Å². The van der Waals surface area contributed by atoms with Gasteiger partial charge in [-0.15, -0.1) is 0 Å². The summed E-state index contributed by atoms with van der Waals surface area (Å²) < 4.78 is 19.0. The summed E-state index contributed by atoms with van der Waals surface area (Å²) in [5.74, 6) is -0.232. The van der Waals surface area contributed by atoms with E-state index in [1.54, 1.807) is 29.2 Å². The standard InChI is InChI=1S/C18H15ClFNO2/c19-13-3-1-11(2-4-13)17-10-16-15-6-5-14(20)9-12(15)7-8-21(16)18(22)23-17/h1-6,9,16-17H,7-8,10H2/t16-,17+/m1/s1. The molecule has 2 atom stereocenters. The number of carbonyl (C=O) groups is 1.